The molecule has 1 aliphatic carbocycles. The predicted octanol–water partition coefficient (Wildman–Crippen LogP) is 3.32. The number of amides is 1. The Labute approximate surface area is 184 Å². The summed E-state index contributed by atoms with van der Waals surface area (Å²) in [6.07, 6.45) is -3.40. The maximum atomic E-state index is 12.2. The van der Waals surface area contributed by atoms with Gasteiger partial charge in [-0.1, -0.05) is 60.7 Å². The molecule has 164 valence electrons. The smallest absolute Gasteiger partial charge is 0.407 e. The molecule has 4 rings (SSSR count). The molecular formula is C25H23NO6. The highest BCUT2D eigenvalue weighted by Gasteiger charge is 2.29. The number of carbonyl (C=O) groups is 2. The number of hydrogen-bond acceptors (Lipinski definition) is 5. The maximum absolute atomic E-state index is 12.2. The Hall–Kier alpha value is -3.68. The zero-order chi connectivity index (χ0) is 22.7. The number of ether oxygens (including phenoxy) is 1. The van der Waals surface area contributed by atoms with Crippen LogP contribution in [0.3, 0.4) is 0 Å². The third kappa shape index (κ3) is 4.34. The van der Waals surface area contributed by atoms with Gasteiger partial charge in [0.15, 0.2) is 0 Å². The van der Waals surface area contributed by atoms with Crippen molar-refractivity contribution in [2.75, 3.05) is 13.2 Å². The summed E-state index contributed by atoms with van der Waals surface area (Å²) in [5.74, 6) is -1.22. The van der Waals surface area contributed by atoms with Gasteiger partial charge >= 0.3 is 12.1 Å². The Bertz CT molecular complexity index is 1100. The van der Waals surface area contributed by atoms with Gasteiger partial charge in [0.25, 0.3) is 0 Å². The minimum Gasteiger partial charge on any atom is -0.478 e. The maximum Gasteiger partial charge on any atom is 0.407 e. The van der Waals surface area contributed by atoms with E-state index in [0.29, 0.717) is 0 Å². The molecule has 1 aliphatic rings. The average molecular weight is 433 g/mol. The summed E-state index contributed by atoms with van der Waals surface area (Å²) in [6.45, 7) is -0.117. The van der Waals surface area contributed by atoms with E-state index in [4.69, 9.17) is 9.84 Å². The fourth-order valence-corrected chi connectivity index (χ4v) is 4.03. The molecule has 0 fully saturated rings. The van der Waals surface area contributed by atoms with Crippen molar-refractivity contribution in [3.05, 3.63) is 95.1 Å². The largest absolute Gasteiger partial charge is 0.478 e. The highest BCUT2D eigenvalue weighted by atomic mass is 16.5. The van der Waals surface area contributed by atoms with Gasteiger partial charge in [0.05, 0.1) is 5.56 Å². The third-order valence-corrected chi connectivity index (χ3v) is 5.64. The van der Waals surface area contributed by atoms with Crippen LogP contribution in [-0.2, 0) is 4.74 Å². The van der Waals surface area contributed by atoms with Gasteiger partial charge < -0.3 is 25.4 Å². The van der Waals surface area contributed by atoms with E-state index in [-0.39, 0.29) is 30.2 Å². The lowest BCUT2D eigenvalue weighted by atomic mass is 9.98. The van der Waals surface area contributed by atoms with Gasteiger partial charge in [0.1, 0.15) is 18.8 Å². The van der Waals surface area contributed by atoms with Crippen molar-refractivity contribution >= 4 is 12.1 Å². The fraction of sp³-hybridized carbons (Fsp3) is 0.200. The van der Waals surface area contributed by atoms with E-state index in [2.05, 4.69) is 5.32 Å². The molecule has 32 heavy (non-hydrogen) atoms. The molecule has 0 aromatic heterocycles. The summed E-state index contributed by atoms with van der Waals surface area (Å²) in [7, 11) is 0. The lowest BCUT2D eigenvalue weighted by Crippen LogP contribution is -2.36. The summed E-state index contributed by atoms with van der Waals surface area (Å²) < 4.78 is 5.41. The predicted molar refractivity (Wildman–Crippen MR) is 117 cm³/mol. The van der Waals surface area contributed by atoms with E-state index in [1.165, 1.54) is 24.3 Å². The molecule has 3 aromatic carbocycles. The highest BCUT2D eigenvalue weighted by Crippen LogP contribution is 2.44. The van der Waals surface area contributed by atoms with E-state index in [1.807, 2.05) is 48.5 Å². The number of carbonyl (C=O) groups excluding carboxylic acids is 1. The molecule has 0 heterocycles. The van der Waals surface area contributed by atoms with Gasteiger partial charge in [-0.25, -0.2) is 9.59 Å². The van der Waals surface area contributed by atoms with E-state index in [1.54, 1.807) is 0 Å². The molecule has 7 nitrogen and oxygen atoms in total. The zero-order valence-electron chi connectivity index (χ0n) is 17.1. The van der Waals surface area contributed by atoms with Crippen LogP contribution in [0.1, 0.15) is 39.1 Å². The van der Waals surface area contributed by atoms with Crippen molar-refractivity contribution in [2.45, 2.75) is 18.1 Å². The minimum atomic E-state index is -1.36. The number of aliphatic hydroxyl groups is 2. The molecule has 7 heteroatoms. The Kier molecular flexibility index (Phi) is 6.20. The van der Waals surface area contributed by atoms with Crippen molar-refractivity contribution in [3.8, 4) is 11.1 Å². The molecule has 4 N–H and O–H groups in total. The normalized spacial score (nSPS) is 14.2. The number of carboxylic acid groups (broad SMARTS) is 1. The van der Waals surface area contributed by atoms with Crippen LogP contribution in [-0.4, -0.2) is 46.6 Å². The first kappa shape index (κ1) is 21.5. The second-order valence-corrected chi connectivity index (χ2v) is 7.65. The van der Waals surface area contributed by atoms with Gasteiger partial charge in [0, 0.05) is 12.5 Å². The first-order valence-electron chi connectivity index (χ1n) is 10.2. The van der Waals surface area contributed by atoms with E-state index in [0.717, 1.165) is 22.3 Å². The quantitative estimate of drug-likeness (QED) is 0.454. The molecule has 0 saturated carbocycles. The van der Waals surface area contributed by atoms with Gasteiger partial charge in [-0.15, -0.1) is 0 Å². The molecular weight excluding hydrogens is 410 g/mol. The molecule has 0 radical (unpaired) electrons. The molecule has 1 amide bonds. The first-order valence-corrected chi connectivity index (χ1v) is 10.2. The van der Waals surface area contributed by atoms with Crippen LogP contribution in [0.2, 0.25) is 0 Å². The Morgan fingerprint density at radius 1 is 0.906 bits per heavy atom. The second-order valence-electron chi connectivity index (χ2n) is 7.65. The Morgan fingerprint density at radius 3 is 2.16 bits per heavy atom. The first-order chi connectivity index (χ1) is 15.5. The van der Waals surface area contributed by atoms with Crippen molar-refractivity contribution in [1.29, 1.82) is 0 Å². The summed E-state index contributed by atoms with van der Waals surface area (Å²) in [5, 5.41) is 32.0. The van der Waals surface area contributed by atoms with Crippen molar-refractivity contribution in [3.63, 3.8) is 0 Å². The standard InChI is InChI=1S/C25H23NO6/c27-22(23(28)15-6-5-7-16(12-15)24(29)30)13-26-25(31)32-14-21-19-10-3-1-8-17(19)18-9-2-4-11-20(18)21/h1-12,21-23,27-28H,13-14H2,(H,26,31)(H,29,30). The summed E-state index contributed by atoms with van der Waals surface area (Å²) >= 11 is 0. The van der Waals surface area contributed by atoms with E-state index < -0.39 is 24.3 Å². The van der Waals surface area contributed by atoms with Crippen LogP contribution in [0.4, 0.5) is 4.79 Å². The Balaban J connectivity index is 1.34. The number of benzene rings is 3. The lowest BCUT2D eigenvalue weighted by molar-refractivity contribution is 0.0185. The van der Waals surface area contributed by atoms with Crippen LogP contribution < -0.4 is 5.32 Å². The molecule has 2 unspecified atom stereocenters. The number of carboxylic acids is 1. The molecule has 2 atom stereocenters. The van der Waals surface area contributed by atoms with Crippen LogP contribution in [0.15, 0.2) is 72.8 Å². The summed E-state index contributed by atoms with van der Waals surface area (Å²) in [5.41, 5.74) is 4.68. The monoisotopic (exact) mass is 433 g/mol. The van der Waals surface area contributed by atoms with Crippen LogP contribution in [0, 0.1) is 0 Å². The highest BCUT2D eigenvalue weighted by molar-refractivity contribution is 5.87. The third-order valence-electron chi connectivity index (χ3n) is 5.64. The second kappa shape index (κ2) is 9.21. The average Bonchev–Trinajstić information content (AvgIpc) is 3.14. The number of aromatic carboxylic acids is 1. The molecule has 0 spiro atoms. The van der Waals surface area contributed by atoms with Crippen LogP contribution >= 0.6 is 0 Å². The number of nitrogens with one attached hydrogen (secondary N) is 1. The van der Waals surface area contributed by atoms with Crippen LogP contribution in [0.5, 0.6) is 0 Å². The van der Waals surface area contributed by atoms with Crippen LogP contribution in [0.25, 0.3) is 11.1 Å². The minimum absolute atomic E-state index is 0.00162. The van der Waals surface area contributed by atoms with Gasteiger partial charge in [0.2, 0.25) is 0 Å². The number of alkyl carbamates (subject to hydrolysis) is 1. The molecule has 3 aromatic rings. The SMILES string of the molecule is O=C(NCC(O)C(O)c1cccc(C(=O)O)c1)OCC1c2ccccc2-c2ccccc21. The number of aliphatic hydroxyl groups excluding tert-OH is 2. The number of fused-ring (bicyclic) bond motifs is 3. The van der Waals surface area contributed by atoms with Crippen molar-refractivity contribution in [2.24, 2.45) is 0 Å². The van der Waals surface area contributed by atoms with Crippen molar-refractivity contribution < 1.29 is 29.6 Å². The molecule has 0 bridgehead atoms. The van der Waals surface area contributed by atoms with Crippen molar-refractivity contribution in [1.82, 2.24) is 5.32 Å². The summed E-state index contributed by atoms with van der Waals surface area (Å²) in [4.78, 5) is 23.3. The van der Waals surface area contributed by atoms with E-state index >= 15 is 0 Å². The van der Waals surface area contributed by atoms with Gasteiger partial charge in [-0.05, 0) is 39.9 Å². The van der Waals surface area contributed by atoms with E-state index in [9.17, 15) is 19.8 Å². The fourth-order valence-electron chi connectivity index (χ4n) is 4.03. The zero-order valence-corrected chi connectivity index (χ0v) is 17.1. The lowest BCUT2D eigenvalue weighted by Gasteiger charge is -2.19. The van der Waals surface area contributed by atoms with Gasteiger partial charge in [-0.2, -0.15) is 0 Å². The number of hydrogen-bond donors (Lipinski definition) is 4. The number of rotatable bonds is 7. The van der Waals surface area contributed by atoms with Gasteiger partial charge in [-0.3, -0.25) is 0 Å². The topological polar surface area (TPSA) is 116 Å². The Morgan fingerprint density at radius 2 is 1.53 bits per heavy atom. The molecule has 0 aliphatic heterocycles. The summed E-state index contributed by atoms with van der Waals surface area (Å²) in [6, 6.07) is 21.7. The molecule has 0 saturated heterocycles.